The highest BCUT2D eigenvalue weighted by Gasteiger charge is 2.15. The number of benzene rings is 1. The first kappa shape index (κ1) is 17.8. The number of rotatable bonds is 6. The van der Waals surface area contributed by atoms with E-state index in [1.54, 1.807) is 12.3 Å². The molecular formula is C21H26N4O2. The zero-order valence-electron chi connectivity index (χ0n) is 15.5. The number of nitrogens with one attached hydrogen (secondary N) is 2. The Balaban J connectivity index is 1.30. The van der Waals surface area contributed by atoms with Crippen molar-refractivity contribution in [1.82, 2.24) is 4.98 Å². The lowest BCUT2D eigenvalue weighted by atomic mass is 10.2. The Morgan fingerprint density at radius 3 is 2.52 bits per heavy atom. The van der Waals surface area contributed by atoms with Gasteiger partial charge < -0.3 is 20.3 Å². The Kier molecular flexibility index (Phi) is 5.53. The van der Waals surface area contributed by atoms with Crippen molar-refractivity contribution in [3.05, 3.63) is 48.3 Å². The maximum absolute atomic E-state index is 12.4. The van der Waals surface area contributed by atoms with E-state index in [0.717, 1.165) is 50.5 Å². The summed E-state index contributed by atoms with van der Waals surface area (Å²) in [6.07, 6.45) is 6.70. The molecule has 6 heteroatoms. The van der Waals surface area contributed by atoms with E-state index in [9.17, 15) is 4.79 Å². The molecule has 2 fully saturated rings. The highest BCUT2D eigenvalue weighted by Crippen LogP contribution is 2.22. The standard InChI is InChI=1S/C21H26N4O2/c26-21(24-16-5-8-18(9-6-16)25-11-1-2-12-25)20-10-7-17(14-23-20)22-15-19-4-3-13-27-19/h5-10,14,19,22H,1-4,11-13,15H2,(H,24,26). The Morgan fingerprint density at radius 2 is 1.85 bits per heavy atom. The van der Waals surface area contributed by atoms with E-state index in [4.69, 9.17) is 4.74 Å². The number of hydrogen-bond acceptors (Lipinski definition) is 5. The lowest BCUT2D eigenvalue weighted by Crippen LogP contribution is -2.19. The van der Waals surface area contributed by atoms with Gasteiger partial charge in [0.2, 0.25) is 0 Å². The zero-order chi connectivity index (χ0) is 18.5. The molecule has 2 aliphatic heterocycles. The molecule has 3 heterocycles. The van der Waals surface area contributed by atoms with Crippen LogP contribution in [0.4, 0.5) is 17.1 Å². The summed E-state index contributed by atoms with van der Waals surface area (Å²) in [6, 6.07) is 11.6. The quantitative estimate of drug-likeness (QED) is 0.819. The molecule has 6 nitrogen and oxygen atoms in total. The van der Waals surface area contributed by atoms with Crippen molar-refractivity contribution in [2.45, 2.75) is 31.8 Å². The number of anilines is 3. The Morgan fingerprint density at radius 1 is 1.07 bits per heavy atom. The van der Waals surface area contributed by atoms with Crippen LogP contribution >= 0.6 is 0 Å². The monoisotopic (exact) mass is 366 g/mol. The van der Waals surface area contributed by atoms with Crippen LogP contribution in [-0.2, 0) is 4.74 Å². The second kappa shape index (κ2) is 8.39. The first-order valence-electron chi connectivity index (χ1n) is 9.76. The van der Waals surface area contributed by atoms with Crippen molar-refractivity contribution in [3.8, 4) is 0 Å². The van der Waals surface area contributed by atoms with Crippen molar-refractivity contribution in [2.24, 2.45) is 0 Å². The largest absolute Gasteiger partial charge is 0.381 e. The maximum Gasteiger partial charge on any atom is 0.274 e. The van der Waals surface area contributed by atoms with Crippen molar-refractivity contribution in [3.63, 3.8) is 0 Å². The van der Waals surface area contributed by atoms with E-state index in [2.05, 4.69) is 32.7 Å². The SMILES string of the molecule is O=C(Nc1ccc(N2CCCC2)cc1)c1ccc(NCC2CCCO2)cn1. The molecule has 27 heavy (non-hydrogen) atoms. The van der Waals surface area contributed by atoms with E-state index in [-0.39, 0.29) is 12.0 Å². The van der Waals surface area contributed by atoms with E-state index in [1.807, 2.05) is 18.2 Å². The molecule has 1 aromatic heterocycles. The van der Waals surface area contributed by atoms with E-state index in [0.29, 0.717) is 5.69 Å². The van der Waals surface area contributed by atoms with Crippen LogP contribution in [0, 0.1) is 0 Å². The van der Waals surface area contributed by atoms with E-state index >= 15 is 0 Å². The van der Waals surface area contributed by atoms with Gasteiger partial charge in [0.25, 0.3) is 5.91 Å². The molecule has 2 N–H and O–H groups in total. The van der Waals surface area contributed by atoms with Crippen LogP contribution < -0.4 is 15.5 Å². The normalized spacial score (nSPS) is 19.3. The van der Waals surface area contributed by atoms with Gasteiger partial charge in [-0.2, -0.15) is 0 Å². The smallest absolute Gasteiger partial charge is 0.274 e. The van der Waals surface area contributed by atoms with Crippen LogP contribution in [0.25, 0.3) is 0 Å². The predicted molar refractivity (Wildman–Crippen MR) is 108 cm³/mol. The maximum atomic E-state index is 12.4. The molecule has 2 aromatic rings. The number of nitrogens with zero attached hydrogens (tertiary/aromatic N) is 2. The number of carbonyl (C=O) groups is 1. The van der Waals surface area contributed by atoms with Gasteiger partial charge in [-0.3, -0.25) is 4.79 Å². The minimum absolute atomic E-state index is 0.199. The summed E-state index contributed by atoms with van der Waals surface area (Å²) in [5, 5.41) is 6.22. The molecule has 1 aromatic carbocycles. The molecule has 1 atom stereocenters. The number of ether oxygens (including phenoxy) is 1. The number of pyridine rings is 1. The Bertz CT molecular complexity index is 749. The van der Waals surface area contributed by atoms with Gasteiger partial charge in [0, 0.05) is 37.6 Å². The predicted octanol–water partition coefficient (Wildman–Crippen LogP) is 3.53. The number of amides is 1. The van der Waals surface area contributed by atoms with Crippen molar-refractivity contribution in [1.29, 1.82) is 0 Å². The molecule has 1 unspecified atom stereocenters. The van der Waals surface area contributed by atoms with Crippen LogP contribution in [0.15, 0.2) is 42.6 Å². The van der Waals surface area contributed by atoms with Gasteiger partial charge in [0.1, 0.15) is 5.69 Å². The molecule has 0 spiro atoms. The molecule has 0 saturated carbocycles. The van der Waals surface area contributed by atoms with Crippen molar-refractivity contribution >= 4 is 23.0 Å². The summed E-state index contributed by atoms with van der Waals surface area (Å²) in [6.45, 7) is 3.85. The second-order valence-electron chi connectivity index (χ2n) is 7.14. The average molecular weight is 366 g/mol. The van der Waals surface area contributed by atoms with Crippen LogP contribution in [-0.4, -0.2) is 43.2 Å². The van der Waals surface area contributed by atoms with Gasteiger partial charge in [-0.25, -0.2) is 4.98 Å². The lowest BCUT2D eigenvalue weighted by molar-refractivity contribution is 0.102. The summed E-state index contributed by atoms with van der Waals surface area (Å²) in [5.74, 6) is -0.199. The summed E-state index contributed by atoms with van der Waals surface area (Å²) in [5.41, 5.74) is 3.30. The molecule has 142 valence electrons. The van der Waals surface area contributed by atoms with Gasteiger partial charge in [0.05, 0.1) is 18.0 Å². The second-order valence-corrected chi connectivity index (χ2v) is 7.14. The molecule has 1 amide bonds. The topological polar surface area (TPSA) is 66.5 Å². The fourth-order valence-corrected chi connectivity index (χ4v) is 3.60. The molecule has 2 aliphatic rings. The van der Waals surface area contributed by atoms with Gasteiger partial charge in [-0.15, -0.1) is 0 Å². The Hall–Kier alpha value is -2.60. The molecule has 4 rings (SSSR count). The van der Waals surface area contributed by atoms with Gasteiger partial charge >= 0.3 is 0 Å². The fourth-order valence-electron chi connectivity index (χ4n) is 3.60. The lowest BCUT2D eigenvalue weighted by Gasteiger charge is -2.17. The minimum Gasteiger partial charge on any atom is -0.381 e. The first-order valence-corrected chi connectivity index (χ1v) is 9.76. The third kappa shape index (κ3) is 4.57. The summed E-state index contributed by atoms with van der Waals surface area (Å²) >= 11 is 0. The molecule has 2 saturated heterocycles. The van der Waals surface area contributed by atoms with Gasteiger partial charge in [-0.05, 0) is 62.1 Å². The fraction of sp³-hybridized carbons (Fsp3) is 0.429. The Labute approximate surface area is 159 Å². The van der Waals surface area contributed by atoms with Crippen LogP contribution in [0.1, 0.15) is 36.2 Å². The minimum atomic E-state index is -0.199. The average Bonchev–Trinajstić information content (AvgIpc) is 3.41. The molecule has 0 radical (unpaired) electrons. The van der Waals surface area contributed by atoms with E-state index < -0.39 is 0 Å². The summed E-state index contributed by atoms with van der Waals surface area (Å²) < 4.78 is 5.59. The summed E-state index contributed by atoms with van der Waals surface area (Å²) in [4.78, 5) is 19.1. The highest BCUT2D eigenvalue weighted by molar-refractivity contribution is 6.03. The van der Waals surface area contributed by atoms with Crippen LogP contribution in [0.3, 0.4) is 0 Å². The molecule has 0 aliphatic carbocycles. The first-order chi connectivity index (χ1) is 13.3. The molecular weight excluding hydrogens is 340 g/mol. The number of carbonyl (C=O) groups excluding carboxylic acids is 1. The zero-order valence-corrected chi connectivity index (χ0v) is 15.5. The van der Waals surface area contributed by atoms with Crippen LogP contribution in [0.2, 0.25) is 0 Å². The van der Waals surface area contributed by atoms with Crippen LogP contribution in [0.5, 0.6) is 0 Å². The third-order valence-electron chi connectivity index (χ3n) is 5.15. The summed E-state index contributed by atoms with van der Waals surface area (Å²) in [7, 11) is 0. The van der Waals surface area contributed by atoms with Gasteiger partial charge in [0.15, 0.2) is 0 Å². The van der Waals surface area contributed by atoms with E-state index in [1.165, 1.54) is 18.5 Å². The van der Waals surface area contributed by atoms with Crippen molar-refractivity contribution < 1.29 is 9.53 Å². The highest BCUT2D eigenvalue weighted by atomic mass is 16.5. The third-order valence-corrected chi connectivity index (χ3v) is 5.15. The van der Waals surface area contributed by atoms with Crippen molar-refractivity contribution in [2.75, 3.05) is 41.8 Å². The number of hydrogen-bond donors (Lipinski definition) is 2. The molecule has 0 bridgehead atoms. The van der Waals surface area contributed by atoms with Gasteiger partial charge in [-0.1, -0.05) is 0 Å². The number of aromatic nitrogens is 1.